The van der Waals surface area contributed by atoms with Crippen LogP contribution in [0.5, 0.6) is 0 Å². The molecule has 0 radical (unpaired) electrons. The molecule has 0 bridgehead atoms. The smallest absolute Gasteiger partial charge is 0.306 e. The Morgan fingerprint density at radius 1 is 0.926 bits per heavy atom. The van der Waals surface area contributed by atoms with Gasteiger partial charge in [-0.25, -0.2) is 0 Å². The van der Waals surface area contributed by atoms with Gasteiger partial charge in [0, 0.05) is 29.2 Å². The molecule has 0 aliphatic carbocycles. The molecule has 2 amide bonds. The lowest BCUT2D eigenvalue weighted by atomic mass is 10.2. The van der Waals surface area contributed by atoms with Crippen LogP contribution in [0.2, 0.25) is 5.02 Å². The number of rotatable bonds is 8. The molecule has 2 N–H and O–H groups in total. The molecule has 0 saturated carbocycles. The molecule has 6 nitrogen and oxygen atoms in total. The Kier molecular flexibility index (Phi) is 7.82. The fourth-order valence-corrected chi connectivity index (χ4v) is 2.46. The molecule has 2 aromatic carbocycles. The Morgan fingerprint density at radius 2 is 1.67 bits per heavy atom. The highest BCUT2D eigenvalue weighted by Crippen LogP contribution is 2.22. The summed E-state index contributed by atoms with van der Waals surface area (Å²) in [6.45, 7) is 1.39. The summed E-state index contributed by atoms with van der Waals surface area (Å²) >= 11 is 5.99. The van der Waals surface area contributed by atoms with Crippen molar-refractivity contribution in [3.63, 3.8) is 0 Å². The summed E-state index contributed by atoms with van der Waals surface area (Å²) in [5, 5.41) is 5.92. The molecule has 0 aromatic heterocycles. The van der Waals surface area contributed by atoms with Crippen molar-refractivity contribution >= 4 is 40.8 Å². The fraction of sp³-hybridized carbons (Fsp3) is 0.250. The molecule has 7 heteroatoms. The van der Waals surface area contributed by atoms with Gasteiger partial charge >= 0.3 is 5.97 Å². The van der Waals surface area contributed by atoms with E-state index in [1.807, 2.05) is 18.2 Å². The number of halogens is 1. The Labute approximate surface area is 162 Å². The molecule has 0 spiro atoms. The highest BCUT2D eigenvalue weighted by atomic mass is 35.5. The molecule has 0 atom stereocenters. The van der Waals surface area contributed by atoms with E-state index in [-0.39, 0.29) is 25.4 Å². The van der Waals surface area contributed by atoms with Gasteiger partial charge in [-0.3, -0.25) is 14.4 Å². The molecule has 27 heavy (non-hydrogen) atoms. The molecule has 0 saturated heterocycles. The Hall–Kier alpha value is -2.86. The second-order valence-corrected chi connectivity index (χ2v) is 6.30. The SMILES string of the molecule is Cc1c(Cl)cccc1NC(=O)COC(=O)CCCC(=O)Nc1ccccc1. The molecule has 2 rings (SSSR count). The van der Waals surface area contributed by atoms with Crippen molar-refractivity contribution in [2.45, 2.75) is 26.2 Å². The maximum absolute atomic E-state index is 11.9. The van der Waals surface area contributed by atoms with Crippen LogP contribution in [-0.4, -0.2) is 24.4 Å². The summed E-state index contributed by atoms with van der Waals surface area (Å²) in [6, 6.07) is 14.2. The van der Waals surface area contributed by atoms with Gasteiger partial charge in [0.1, 0.15) is 0 Å². The lowest BCUT2D eigenvalue weighted by Gasteiger charge is -2.10. The number of carbonyl (C=O) groups excluding carboxylic acids is 3. The van der Waals surface area contributed by atoms with Gasteiger partial charge in [-0.05, 0) is 43.2 Å². The molecule has 0 fully saturated rings. The van der Waals surface area contributed by atoms with Crippen molar-refractivity contribution in [3.8, 4) is 0 Å². The van der Waals surface area contributed by atoms with Crippen molar-refractivity contribution in [2.75, 3.05) is 17.2 Å². The van der Waals surface area contributed by atoms with E-state index in [9.17, 15) is 14.4 Å². The number of ether oxygens (including phenoxy) is 1. The Morgan fingerprint density at radius 3 is 2.41 bits per heavy atom. The van der Waals surface area contributed by atoms with Crippen LogP contribution in [0.15, 0.2) is 48.5 Å². The highest BCUT2D eigenvalue weighted by molar-refractivity contribution is 6.31. The maximum Gasteiger partial charge on any atom is 0.306 e. The minimum atomic E-state index is -0.527. The van der Waals surface area contributed by atoms with Gasteiger partial charge in [-0.2, -0.15) is 0 Å². The fourth-order valence-electron chi connectivity index (χ4n) is 2.29. The first-order valence-corrected chi connectivity index (χ1v) is 8.89. The predicted octanol–water partition coefficient (Wildman–Crippen LogP) is 3.94. The zero-order chi connectivity index (χ0) is 19.6. The predicted molar refractivity (Wildman–Crippen MR) is 105 cm³/mol. The molecule has 142 valence electrons. The van der Waals surface area contributed by atoms with Crippen LogP contribution >= 0.6 is 11.6 Å². The van der Waals surface area contributed by atoms with Crippen molar-refractivity contribution in [2.24, 2.45) is 0 Å². The van der Waals surface area contributed by atoms with Gasteiger partial charge in [-0.1, -0.05) is 35.9 Å². The number of carbonyl (C=O) groups is 3. The number of amides is 2. The number of hydrogen-bond acceptors (Lipinski definition) is 4. The van der Waals surface area contributed by atoms with E-state index < -0.39 is 11.9 Å². The molecule has 0 unspecified atom stereocenters. The zero-order valence-electron chi connectivity index (χ0n) is 15.0. The van der Waals surface area contributed by atoms with Crippen LogP contribution in [0.4, 0.5) is 11.4 Å². The topological polar surface area (TPSA) is 84.5 Å². The number of nitrogens with one attached hydrogen (secondary N) is 2. The Bertz CT molecular complexity index is 809. The largest absolute Gasteiger partial charge is 0.456 e. The normalized spacial score (nSPS) is 10.1. The van der Waals surface area contributed by atoms with Gasteiger partial charge < -0.3 is 15.4 Å². The molecule has 0 aliphatic rings. The van der Waals surface area contributed by atoms with Crippen molar-refractivity contribution in [1.29, 1.82) is 0 Å². The summed E-state index contributed by atoms with van der Waals surface area (Å²) in [7, 11) is 0. The summed E-state index contributed by atoms with van der Waals surface area (Å²) in [5.74, 6) is -1.15. The average Bonchev–Trinajstić information content (AvgIpc) is 2.64. The zero-order valence-corrected chi connectivity index (χ0v) is 15.7. The maximum atomic E-state index is 11.9. The van der Waals surface area contributed by atoms with Gasteiger partial charge in [0.05, 0.1) is 0 Å². The van der Waals surface area contributed by atoms with Gasteiger partial charge in [-0.15, -0.1) is 0 Å². The van der Waals surface area contributed by atoms with E-state index in [2.05, 4.69) is 10.6 Å². The lowest BCUT2D eigenvalue weighted by molar-refractivity contribution is -0.147. The third-order valence-electron chi connectivity index (χ3n) is 3.75. The van der Waals surface area contributed by atoms with E-state index >= 15 is 0 Å². The molecular weight excluding hydrogens is 368 g/mol. The van der Waals surface area contributed by atoms with Gasteiger partial charge in [0.2, 0.25) is 5.91 Å². The van der Waals surface area contributed by atoms with Gasteiger partial charge in [0.15, 0.2) is 6.61 Å². The van der Waals surface area contributed by atoms with Crippen LogP contribution in [0.25, 0.3) is 0 Å². The number of hydrogen-bond donors (Lipinski definition) is 2. The van der Waals surface area contributed by atoms with Crippen LogP contribution in [0, 0.1) is 6.92 Å². The number of esters is 1. The van der Waals surface area contributed by atoms with E-state index in [0.29, 0.717) is 22.8 Å². The second kappa shape index (κ2) is 10.3. The first kappa shape index (κ1) is 20.5. The third-order valence-corrected chi connectivity index (χ3v) is 4.16. The van der Waals surface area contributed by atoms with Crippen LogP contribution in [-0.2, 0) is 19.1 Å². The van der Waals surface area contributed by atoms with Crippen molar-refractivity contribution < 1.29 is 19.1 Å². The average molecular weight is 389 g/mol. The van der Waals surface area contributed by atoms with E-state index in [1.165, 1.54) is 0 Å². The molecule has 0 aliphatic heterocycles. The van der Waals surface area contributed by atoms with Gasteiger partial charge in [0.25, 0.3) is 5.91 Å². The number of para-hydroxylation sites is 1. The molecule has 2 aromatic rings. The highest BCUT2D eigenvalue weighted by Gasteiger charge is 2.11. The molecule has 0 heterocycles. The van der Waals surface area contributed by atoms with Crippen LogP contribution in [0.1, 0.15) is 24.8 Å². The first-order valence-electron chi connectivity index (χ1n) is 8.51. The van der Waals surface area contributed by atoms with Crippen molar-refractivity contribution in [3.05, 3.63) is 59.1 Å². The number of benzene rings is 2. The minimum Gasteiger partial charge on any atom is -0.456 e. The van der Waals surface area contributed by atoms with Crippen molar-refractivity contribution in [1.82, 2.24) is 0 Å². The van der Waals surface area contributed by atoms with E-state index in [4.69, 9.17) is 16.3 Å². The minimum absolute atomic E-state index is 0.0612. The summed E-state index contributed by atoms with van der Waals surface area (Å²) in [5.41, 5.74) is 2.02. The van der Waals surface area contributed by atoms with E-state index in [1.54, 1.807) is 37.3 Å². The van der Waals surface area contributed by atoms with Crippen LogP contribution < -0.4 is 10.6 Å². The number of anilines is 2. The summed E-state index contributed by atoms with van der Waals surface area (Å²) in [4.78, 5) is 35.4. The third kappa shape index (κ3) is 7.11. The summed E-state index contributed by atoms with van der Waals surface area (Å²) in [6.07, 6.45) is 0.593. The molecular formula is C20H21ClN2O4. The summed E-state index contributed by atoms with van der Waals surface area (Å²) < 4.78 is 4.93. The lowest BCUT2D eigenvalue weighted by Crippen LogP contribution is -2.21. The quantitative estimate of drug-likeness (QED) is 0.671. The van der Waals surface area contributed by atoms with E-state index in [0.717, 1.165) is 5.56 Å². The monoisotopic (exact) mass is 388 g/mol. The Balaban J connectivity index is 1.65. The van der Waals surface area contributed by atoms with Crippen LogP contribution in [0.3, 0.4) is 0 Å². The second-order valence-electron chi connectivity index (χ2n) is 5.89. The first-order chi connectivity index (χ1) is 13.0. The standard InChI is InChI=1S/C20H21ClN2O4/c1-14-16(21)9-5-10-17(14)23-19(25)13-27-20(26)12-6-11-18(24)22-15-7-3-2-4-8-15/h2-5,7-10H,6,11-13H2,1H3,(H,22,24)(H,23,25).